The minimum Gasteiger partial charge on any atom is -0.295 e. The Morgan fingerprint density at radius 3 is 2.32 bits per heavy atom. The monoisotopic (exact) mass is 372 g/mol. The van der Waals surface area contributed by atoms with Gasteiger partial charge in [-0.05, 0) is 34.5 Å². The van der Waals surface area contributed by atoms with Gasteiger partial charge in [0.1, 0.15) is 5.82 Å². The van der Waals surface area contributed by atoms with Crippen molar-refractivity contribution >= 4 is 5.78 Å². The molecule has 6 heteroatoms. The summed E-state index contributed by atoms with van der Waals surface area (Å²) in [5.41, 5.74) is 3.88. The lowest BCUT2D eigenvalue weighted by Crippen LogP contribution is -2.06. The molecular weight excluding hydrogens is 355 g/mol. The molecule has 0 atom stereocenters. The van der Waals surface area contributed by atoms with Crippen LogP contribution in [0.25, 0.3) is 22.5 Å². The van der Waals surface area contributed by atoms with Crippen LogP contribution in [-0.4, -0.2) is 26.0 Å². The van der Waals surface area contributed by atoms with Crippen LogP contribution in [0.5, 0.6) is 0 Å². The lowest BCUT2D eigenvalue weighted by atomic mass is 9.97. The minimum atomic E-state index is -0.294. The molecule has 0 aliphatic rings. The molecule has 1 heterocycles. The van der Waals surface area contributed by atoms with Crippen molar-refractivity contribution in [1.82, 2.24) is 20.2 Å². The van der Waals surface area contributed by atoms with E-state index in [1.54, 1.807) is 41.9 Å². The van der Waals surface area contributed by atoms with Gasteiger partial charge >= 0.3 is 0 Å². The van der Waals surface area contributed by atoms with Gasteiger partial charge in [-0.2, -0.15) is 0 Å². The molecule has 28 heavy (non-hydrogen) atoms. The average molecular weight is 372 g/mol. The quantitative estimate of drug-likeness (QED) is 0.487. The number of hydrogen-bond acceptors (Lipinski definition) is 4. The number of tetrazole rings is 1. The summed E-state index contributed by atoms with van der Waals surface area (Å²) in [5.74, 6) is 0.278. The molecule has 0 bridgehead atoms. The smallest absolute Gasteiger partial charge is 0.182 e. The number of rotatable bonds is 5. The number of nitrogens with zero attached hydrogens (tertiary/aromatic N) is 4. The second-order valence-electron chi connectivity index (χ2n) is 6.43. The van der Waals surface area contributed by atoms with Gasteiger partial charge in [0.25, 0.3) is 0 Å². The fourth-order valence-electron chi connectivity index (χ4n) is 3.11. The van der Waals surface area contributed by atoms with Gasteiger partial charge in [0.15, 0.2) is 11.6 Å². The Morgan fingerprint density at radius 2 is 1.61 bits per heavy atom. The van der Waals surface area contributed by atoms with Crippen molar-refractivity contribution in [3.63, 3.8) is 0 Å². The van der Waals surface area contributed by atoms with Crippen molar-refractivity contribution in [3.05, 3.63) is 89.7 Å². The lowest BCUT2D eigenvalue weighted by molar-refractivity contribution is 0.101. The second kappa shape index (κ2) is 7.52. The number of carbonyl (C=O) groups excluding carboxylic acids is 1. The molecule has 0 aliphatic carbocycles. The highest BCUT2D eigenvalue weighted by molar-refractivity contribution is 5.94. The Kier molecular flexibility index (Phi) is 4.76. The third-order valence-corrected chi connectivity index (χ3v) is 4.58. The summed E-state index contributed by atoms with van der Waals surface area (Å²) >= 11 is 0. The molecule has 5 nitrogen and oxygen atoms in total. The summed E-state index contributed by atoms with van der Waals surface area (Å²) in [4.78, 5) is 11.5. The van der Waals surface area contributed by atoms with Crippen molar-refractivity contribution in [3.8, 4) is 22.5 Å². The first-order valence-corrected chi connectivity index (χ1v) is 8.84. The minimum absolute atomic E-state index is 0.0219. The van der Waals surface area contributed by atoms with E-state index in [2.05, 4.69) is 15.5 Å². The lowest BCUT2D eigenvalue weighted by Gasteiger charge is -2.11. The van der Waals surface area contributed by atoms with Crippen LogP contribution >= 0.6 is 0 Å². The van der Waals surface area contributed by atoms with Crippen LogP contribution in [0.15, 0.2) is 72.8 Å². The molecule has 0 saturated carbocycles. The van der Waals surface area contributed by atoms with Crippen LogP contribution in [-0.2, 0) is 6.54 Å². The molecule has 0 fully saturated rings. The maximum absolute atomic E-state index is 14.1. The molecule has 1 aromatic heterocycles. The van der Waals surface area contributed by atoms with Gasteiger partial charge in [-0.15, -0.1) is 5.10 Å². The first kappa shape index (κ1) is 17.7. The number of ketones is 1. The average Bonchev–Trinajstić information content (AvgIpc) is 3.18. The highest BCUT2D eigenvalue weighted by Gasteiger charge is 2.15. The number of carbonyl (C=O) groups is 1. The summed E-state index contributed by atoms with van der Waals surface area (Å²) in [5, 5.41) is 12.0. The van der Waals surface area contributed by atoms with Crippen molar-refractivity contribution in [2.24, 2.45) is 0 Å². The zero-order valence-corrected chi connectivity index (χ0v) is 15.2. The summed E-state index contributed by atoms with van der Waals surface area (Å²) < 4.78 is 15.6. The van der Waals surface area contributed by atoms with Gasteiger partial charge in [-0.1, -0.05) is 66.7 Å². The first-order valence-electron chi connectivity index (χ1n) is 8.84. The number of benzene rings is 3. The molecule has 4 aromatic rings. The largest absolute Gasteiger partial charge is 0.295 e. The van der Waals surface area contributed by atoms with Gasteiger partial charge in [-0.25, -0.2) is 9.07 Å². The van der Waals surface area contributed by atoms with Crippen molar-refractivity contribution < 1.29 is 9.18 Å². The van der Waals surface area contributed by atoms with Crippen LogP contribution in [0.2, 0.25) is 0 Å². The molecule has 4 rings (SSSR count). The van der Waals surface area contributed by atoms with E-state index in [1.165, 1.54) is 6.07 Å². The topological polar surface area (TPSA) is 60.7 Å². The Bertz CT molecular complexity index is 1140. The molecule has 0 spiro atoms. The molecular formula is C22H17FN4O. The number of Topliss-reactive ketones (excluding diaryl/α,β-unsaturated/α-hetero) is 1. The molecule has 3 aromatic carbocycles. The highest BCUT2D eigenvalue weighted by Crippen LogP contribution is 2.31. The summed E-state index contributed by atoms with van der Waals surface area (Å²) in [7, 11) is 0. The molecule has 0 saturated heterocycles. The van der Waals surface area contributed by atoms with E-state index in [0.29, 0.717) is 17.0 Å². The fourth-order valence-corrected chi connectivity index (χ4v) is 3.11. The predicted octanol–water partition coefficient (Wildman–Crippen LogP) is 4.40. The van der Waals surface area contributed by atoms with Crippen molar-refractivity contribution in [2.45, 2.75) is 13.5 Å². The van der Waals surface area contributed by atoms with E-state index < -0.39 is 0 Å². The van der Waals surface area contributed by atoms with E-state index in [-0.39, 0.29) is 18.1 Å². The standard InChI is InChI=1S/C22H17FN4O/c1-15(28)16-10-12-17(13-11-16)19-7-3-4-8-20(19)22-24-25-26-27(22)14-18-6-2-5-9-21(18)23/h2-13H,14H2,1H3. The van der Waals surface area contributed by atoms with Crippen LogP contribution in [0, 0.1) is 5.82 Å². The van der Waals surface area contributed by atoms with Crippen molar-refractivity contribution in [1.29, 1.82) is 0 Å². The van der Waals surface area contributed by atoms with Crippen LogP contribution in [0.1, 0.15) is 22.8 Å². The number of halogens is 1. The third kappa shape index (κ3) is 3.44. The molecule has 0 radical (unpaired) electrons. The summed E-state index contributed by atoms with van der Waals surface area (Å²) in [6.45, 7) is 1.77. The maximum atomic E-state index is 14.1. The van der Waals surface area contributed by atoms with Gasteiger partial charge in [-0.3, -0.25) is 4.79 Å². The SMILES string of the molecule is CC(=O)c1ccc(-c2ccccc2-c2nnnn2Cc2ccccc2F)cc1. The van der Waals surface area contributed by atoms with E-state index >= 15 is 0 Å². The van der Waals surface area contributed by atoms with Crippen LogP contribution < -0.4 is 0 Å². The van der Waals surface area contributed by atoms with Gasteiger partial charge in [0.2, 0.25) is 0 Å². The predicted molar refractivity (Wildman–Crippen MR) is 104 cm³/mol. The van der Waals surface area contributed by atoms with E-state index in [9.17, 15) is 9.18 Å². The summed E-state index contributed by atoms with van der Waals surface area (Å²) in [6.07, 6.45) is 0. The van der Waals surface area contributed by atoms with Gasteiger partial charge < -0.3 is 0 Å². The van der Waals surface area contributed by atoms with Crippen LogP contribution in [0.4, 0.5) is 4.39 Å². The molecule has 138 valence electrons. The Labute approximate surface area is 161 Å². The first-order chi connectivity index (χ1) is 13.6. The van der Waals surface area contributed by atoms with Crippen molar-refractivity contribution in [2.75, 3.05) is 0 Å². The molecule has 0 amide bonds. The molecule has 0 aliphatic heterocycles. The maximum Gasteiger partial charge on any atom is 0.182 e. The Balaban J connectivity index is 1.75. The normalized spacial score (nSPS) is 10.8. The fraction of sp³-hybridized carbons (Fsp3) is 0.0909. The van der Waals surface area contributed by atoms with Crippen LogP contribution in [0.3, 0.4) is 0 Å². The zero-order valence-electron chi connectivity index (χ0n) is 15.2. The third-order valence-electron chi connectivity index (χ3n) is 4.58. The summed E-state index contributed by atoms with van der Waals surface area (Å²) in [6, 6.07) is 21.7. The Hall–Kier alpha value is -3.67. The van der Waals surface area contributed by atoms with E-state index in [4.69, 9.17) is 0 Å². The highest BCUT2D eigenvalue weighted by atomic mass is 19.1. The van der Waals surface area contributed by atoms with Gasteiger partial charge in [0.05, 0.1) is 6.54 Å². The number of hydrogen-bond donors (Lipinski definition) is 0. The van der Waals surface area contributed by atoms with E-state index in [1.807, 2.05) is 36.4 Å². The Morgan fingerprint density at radius 1 is 0.929 bits per heavy atom. The zero-order chi connectivity index (χ0) is 19.5. The van der Waals surface area contributed by atoms with E-state index in [0.717, 1.165) is 16.7 Å². The molecule has 0 N–H and O–H groups in total. The van der Waals surface area contributed by atoms with Gasteiger partial charge in [0, 0.05) is 16.7 Å². The number of aromatic nitrogens is 4. The second-order valence-corrected chi connectivity index (χ2v) is 6.43. The molecule has 0 unspecified atom stereocenters.